The molecule has 0 saturated heterocycles. The Hall–Kier alpha value is 0.110. The molecule has 0 aromatic carbocycles. The zero-order valence-corrected chi connectivity index (χ0v) is 13.5. The third-order valence-corrected chi connectivity index (χ3v) is 5.83. The highest BCUT2D eigenvalue weighted by Crippen LogP contribution is 2.43. The molecule has 0 aliphatic heterocycles. The van der Waals surface area contributed by atoms with Gasteiger partial charge in [-0.25, -0.2) is 4.98 Å². The van der Waals surface area contributed by atoms with E-state index in [2.05, 4.69) is 42.1 Å². The van der Waals surface area contributed by atoms with Gasteiger partial charge in [0.2, 0.25) is 0 Å². The van der Waals surface area contributed by atoms with E-state index in [0.29, 0.717) is 5.41 Å². The molecule has 0 spiro atoms. The molecule has 3 heteroatoms. The van der Waals surface area contributed by atoms with E-state index in [1.165, 1.54) is 42.8 Å². The average Bonchev–Trinajstić information content (AvgIpc) is 2.87. The molecule has 1 aromatic rings. The van der Waals surface area contributed by atoms with Crippen molar-refractivity contribution in [2.45, 2.75) is 58.3 Å². The molecule has 1 saturated carbocycles. The molecule has 1 heterocycles. The maximum Gasteiger partial charge on any atom is 0.0934 e. The van der Waals surface area contributed by atoms with Gasteiger partial charge in [-0.15, -0.1) is 11.3 Å². The van der Waals surface area contributed by atoms with Gasteiger partial charge in [-0.1, -0.05) is 49.5 Å². The average molecular weight is 316 g/mol. The lowest BCUT2D eigenvalue weighted by Crippen LogP contribution is -2.21. The second kappa shape index (κ2) is 5.00. The number of thiazole rings is 1. The molecular formula is C14H22BrNS. The first-order valence-electron chi connectivity index (χ1n) is 6.46. The van der Waals surface area contributed by atoms with Gasteiger partial charge in [0.1, 0.15) is 0 Å². The molecule has 0 bridgehead atoms. The minimum absolute atomic E-state index is 0.186. The molecule has 0 atom stereocenters. The normalized spacial score (nSPS) is 19.8. The van der Waals surface area contributed by atoms with Crippen LogP contribution < -0.4 is 0 Å². The number of nitrogens with zero attached hydrogens (tertiary/aromatic N) is 1. The highest BCUT2D eigenvalue weighted by Gasteiger charge is 2.34. The first-order chi connectivity index (χ1) is 7.95. The molecule has 0 radical (unpaired) electrons. The van der Waals surface area contributed by atoms with E-state index in [-0.39, 0.29) is 5.41 Å². The standard InChI is InChI=1S/C14H22BrNS/c1-13(2,3)11-9-17-12(16-11)8-14(10-15)6-4-5-7-14/h9H,4-8,10H2,1-3H3. The van der Waals surface area contributed by atoms with Crippen LogP contribution in [0.25, 0.3) is 0 Å². The van der Waals surface area contributed by atoms with E-state index in [1.807, 2.05) is 11.3 Å². The van der Waals surface area contributed by atoms with Gasteiger partial charge in [0.25, 0.3) is 0 Å². The Kier molecular flexibility index (Phi) is 3.99. The topological polar surface area (TPSA) is 12.9 Å². The summed E-state index contributed by atoms with van der Waals surface area (Å²) in [6.45, 7) is 6.71. The summed E-state index contributed by atoms with van der Waals surface area (Å²) in [6, 6.07) is 0. The van der Waals surface area contributed by atoms with Gasteiger partial charge >= 0.3 is 0 Å². The molecule has 1 aromatic heterocycles. The van der Waals surface area contributed by atoms with Crippen LogP contribution in [0.15, 0.2) is 5.38 Å². The van der Waals surface area contributed by atoms with E-state index in [4.69, 9.17) is 4.98 Å². The fraction of sp³-hybridized carbons (Fsp3) is 0.786. The second-order valence-corrected chi connectivity index (χ2v) is 7.90. The molecule has 0 unspecified atom stereocenters. The van der Waals surface area contributed by atoms with E-state index in [0.717, 1.165) is 5.33 Å². The van der Waals surface area contributed by atoms with E-state index in [1.54, 1.807) is 0 Å². The van der Waals surface area contributed by atoms with Gasteiger partial charge in [-0.05, 0) is 18.3 Å². The Labute approximate surface area is 117 Å². The predicted octanol–water partition coefficient (Wildman–Crippen LogP) is 4.94. The molecule has 2 rings (SSSR count). The highest BCUT2D eigenvalue weighted by molar-refractivity contribution is 9.09. The summed E-state index contributed by atoms with van der Waals surface area (Å²) in [5.74, 6) is 0. The van der Waals surface area contributed by atoms with Gasteiger partial charge in [-0.2, -0.15) is 0 Å². The molecular weight excluding hydrogens is 294 g/mol. The first-order valence-corrected chi connectivity index (χ1v) is 8.46. The third-order valence-electron chi connectivity index (χ3n) is 3.79. The summed E-state index contributed by atoms with van der Waals surface area (Å²) in [7, 11) is 0. The Morgan fingerprint density at radius 1 is 1.35 bits per heavy atom. The van der Waals surface area contributed by atoms with Gasteiger partial charge in [0, 0.05) is 22.5 Å². The smallest absolute Gasteiger partial charge is 0.0934 e. The van der Waals surface area contributed by atoms with Crippen LogP contribution in [0.5, 0.6) is 0 Å². The number of aromatic nitrogens is 1. The van der Waals surface area contributed by atoms with Crippen LogP contribution in [-0.2, 0) is 11.8 Å². The lowest BCUT2D eigenvalue weighted by atomic mass is 9.85. The predicted molar refractivity (Wildman–Crippen MR) is 79.2 cm³/mol. The zero-order chi connectivity index (χ0) is 12.5. The summed E-state index contributed by atoms with van der Waals surface area (Å²) in [5, 5.41) is 4.70. The third kappa shape index (κ3) is 3.11. The largest absolute Gasteiger partial charge is 0.246 e. The molecule has 0 amide bonds. The van der Waals surface area contributed by atoms with Crippen LogP contribution in [0.4, 0.5) is 0 Å². The number of alkyl halides is 1. The van der Waals surface area contributed by atoms with Crippen molar-refractivity contribution in [1.29, 1.82) is 0 Å². The van der Waals surface area contributed by atoms with Crippen molar-refractivity contribution in [3.8, 4) is 0 Å². The van der Waals surface area contributed by atoms with Crippen molar-refractivity contribution in [3.63, 3.8) is 0 Å². The summed E-state index contributed by atoms with van der Waals surface area (Å²) >= 11 is 5.56. The fourth-order valence-electron chi connectivity index (χ4n) is 2.54. The van der Waals surface area contributed by atoms with Crippen LogP contribution in [0, 0.1) is 5.41 Å². The van der Waals surface area contributed by atoms with Crippen molar-refractivity contribution >= 4 is 27.3 Å². The van der Waals surface area contributed by atoms with Crippen LogP contribution in [0.1, 0.15) is 57.2 Å². The van der Waals surface area contributed by atoms with Gasteiger partial charge in [0.05, 0.1) is 10.7 Å². The van der Waals surface area contributed by atoms with Gasteiger partial charge < -0.3 is 0 Å². The second-order valence-electron chi connectivity index (χ2n) is 6.39. The first kappa shape index (κ1) is 13.5. The quantitative estimate of drug-likeness (QED) is 0.720. The Morgan fingerprint density at radius 3 is 2.47 bits per heavy atom. The Morgan fingerprint density at radius 2 is 2.00 bits per heavy atom. The fourth-order valence-corrected chi connectivity index (χ4v) is 4.49. The van der Waals surface area contributed by atoms with E-state index < -0.39 is 0 Å². The maximum atomic E-state index is 4.84. The highest BCUT2D eigenvalue weighted by atomic mass is 79.9. The summed E-state index contributed by atoms with van der Waals surface area (Å²) < 4.78 is 0. The number of rotatable bonds is 3. The number of hydrogen-bond acceptors (Lipinski definition) is 2. The van der Waals surface area contributed by atoms with Crippen molar-refractivity contribution < 1.29 is 0 Å². The van der Waals surface area contributed by atoms with Gasteiger partial charge in [-0.3, -0.25) is 0 Å². The van der Waals surface area contributed by atoms with Crippen molar-refractivity contribution in [2.75, 3.05) is 5.33 Å². The molecule has 1 aliphatic carbocycles. The van der Waals surface area contributed by atoms with E-state index >= 15 is 0 Å². The summed E-state index contributed by atoms with van der Waals surface area (Å²) in [4.78, 5) is 4.84. The monoisotopic (exact) mass is 315 g/mol. The van der Waals surface area contributed by atoms with Crippen molar-refractivity contribution in [1.82, 2.24) is 4.98 Å². The van der Waals surface area contributed by atoms with E-state index in [9.17, 15) is 0 Å². The zero-order valence-electron chi connectivity index (χ0n) is 11.1. The molecule has 1 fully saturated rings. The van der Waals surface area contributed by atoms with Crippen LogP contribution in [-0.4, -0.2) is 10.3 Å². The maximum absolute atomic E-state index is 4.84. The van der Waals surface area contributed by atoms with Crippen LogP contribution in [0.3, 0.4) is 0 Å². The lowest BCUT2D eigenvalue weighted by Gasteiger charge is -2.25. The number of hydrogen-bond donors (Lipinski definition) is 0. The molecule has 1 nitrogen and oxygen atoms in total. The minimum Gasteiger partial charge on any atom is -0.246 e. The molecule has 0 N–H and O–H groups in total. The number of halogens is 1. The SMILES string of the molecule is CC(C)(C)c1csc(CC2(CBr)CCCC2)n1. The molecule has 17 heavy (non-hydrogen) atoms. The molecule has 1 aliphatic rings. The van der Waals surface area contributed by atoms with Crippen LogP contribution in [0.2, 0.25) is 0 Å². The Bertz CT molecular complexity index is 372. The molecule has 96 valence electrons. The summed E-state index contributed by atoms with van der Waals surface area (Å²) in [5.41, 5.74) is 1.93. The lowest BCUT2D eigenvalue weighted by molar-refractivity contribution is 0.345. The summed E-state index contributed by atoms with van der Waals surface area (Å²) in [6.07, 6.45) is 6.68. The van der Waals surface area contributed by atoms with Gasteiger partial charge in [0.15, 0.2) is 0 Å². The Balaban J connectivity index is 2.11. The van der Waals surface area contributed by atoms with Crippen molar-refractivity contribution in [3.05, 3.63) is 16.1 Å². The van der Waals surface area contributed by atoms with Crippen molar-refractivity contribution in [2.24, 2.45) is 5.41 Å². The van der Waals surface area contributed by atoms with Crippen LogP contribution >= 0.6 is 27.3 Å². The minimum atomic E-state index is 0.186.